The van der Waals surface area contributed by atoms with Gasteiger partial charge in [-0.15, -0.1) is 0 Å². The van der Waals surface area contributed by atoms with Crippen LogP contribution in [0.1, 0.15) is 56.3 Å². The number of nitrogens with two attached hydrogens (primary N) is 1. The third kappa shape index (κ3) is 4.13. The highest BCUT2D eigenvalue weighted by atomic mass is 35.5. The van der Waals surface area contributed by atoms with Crippen LogP contribution in [0.2, 0.25) is 5.02 Å². The van der Waals surface area contributed by atoms with Crippen molar-refractivity contribution in [3.05, 3.63) is 28.8 Å². The lowest BCUT2D eigenvalue weighted by Gasteiger charge is -2.31. The van der Waals surface area contributed by atoms with Gasteiger partial charge in [0.2, 0.25) is 0 Å². The average Bonchev–Trinajstić information content (AvgIpc) is 2.87. The van der Waals surface area contributed by atoms with Crippen molar-refractivity contribution < 1.29 is 4.79 Å². The molecule has 1 amide bonds. The number of halogens is 1. The lowest BCUT2D eigenvalue weighted by Crippen LogP contribution is -2.37. The number of carbonyl (C=O) groups is 1. The molecule has 1 aromatic carbocycles. The summed E-state index contributed by atoms with van der Waals surface area (Å²) in [6.45, 7) is 5.23. The number of nitrogen functional groups attached to an aromatic ring is 1. The minimum absolute atomic E-state index is 0.120. The van der Waals surface area contributed by atoms with E-state index in [0.717, 1.165) is 13.0 Å². The second-order valence-corrected chi connectivity index (χ2v) is 7.16. The summed E-state index contributed by atoms with van der Waals surface area (Å²) in [4.78, 5) is 12.4. The minimum atomic E-state index is -0.120. The Morgan fingerprint density at radius 1 is 1.38 bits per heavy atom. The third-order valence-corrected chi connectivity index (χ3v) is 4.62. The highest BCUT2D eigenvalue weighted by Gasteiger charge is 2.34. The smallest absolute Gasteiger partial charge is 0.253 e. The van der Waals surface area contributed by atoms with Crippen molar-refractivity contribution in [2.24, 2.45) is 11.3 Å². The quantitative estimate of drug-likeness (QED) is 0.799. The van der Waals surface area contributed by atoms with Crippen molar-refractivity contribution >= 4 is 23.2 Å². The second-order valence-electron chi connectivity index (χ2n) is 6.72. The Labute approximate surface area is 132 Å². The highest BCUT2D eigenvalue weighted by Crippen LogP contribution is 2.42. The minimum Gasteiger partial charge on any atom is -0.398 e. The van der Waals surface area contributed by atoms with Crippen molar-refractivity contribution in [2.75, 3.05) is 12.3 Å². The Hall–Kier alpha value is -1.22. The van der Waals surface area contributed by atoms with Crippen LogP contribution in [0.5, 0.6) is 0 Å². The molecule has 3 nitrogen and oxygen atoms in total. The van der Waals surface area contributed by atoms with Gasteiger partial charge in [0.15, 0.2) is 0 Å². The van der Waals surface area contributed by atoms with Gasteiger partial charge in [-0.05, 0) is 48.8 Å². The molecule has 0 radical (unpaired) electrons. The normalized spacial score (nSPS) is 17.1. The van der Waals surface area contributed by atoms with Crippen LogP contribution in [0.25, 0.3) is 0 Å². The van der Waals surface area contributed by atoms with E-state index in [2.05, 4.69) is 19.2 Å². The van der Waals surface area contributed by atoms with Crippen molar-refractivity contribution in [2.45, 2.75) is 46.0 Å². The fraction of sp³-hybridized carbons (Fsp3) is 0.588. The van der Waals surface area contributed by atoms with E-state index < -0.39 is 0 Å². The Kier molecular flexibility index (Phi) is 5.15. The molecule has 0 saturated heterocycles. The van der Waals surface area contributed by atoms with Crippen LogP contribution in [-0.4, -0.2) is 12.5 Å². The number of rotatable bonds is 5. The zero-order valence-electron chi connectivity index (χ0n) is 12.9. The van der Waals surface area contributed by atoms with Crippen molar-refractivity contribution in [1.82, 2.24) is 5.32 Å². The summed E-state index contributed by atoms with van der Waals surface area (Å²) in [5.74, 6) is 0.529. The Bertz CT molecular complexity index is 508. The number of amides is 1. The van der Waals surface area contributed by atoms with Crippen molar-refractivity contribution in [3.63, 3.8) is 0 Å². The van der Waals surface area contributed by atoms with Crippen LogP contribution < -0.4 is 11.1 Å². The predicted octanol–water partition coefficient (Wildman–Crippen LogP) is 4.26. The van der Waals surface area contributed by atoms with E-state index in [1.54, 1.807) is 18.2 Å². The molecule has 1 fully saturated rings. The fourth-order valence-electron chi connectivity index (χ4n) is 3.53. The lowest BCUT2D eigenvalue weighted by molar-refractivity contribution is 0.0922. The first-order valence-corrected chi connectivity index (χ1v) is 8.13. The maximum absolute atomic E-state index is 12.4. The van der Waals surface area contributed by atoms with Gasteiger partial charge < -0.3 is 11.1 Å². The number of hydrogen-bond acceptors (Lipinski definition) is 2. The van der Waals surface area contributed by atoms with Gasteiger partial charge in [-0.25, -0.2) is 0 Å². The molecule has 0 aromatic heterocycles. The first-order valence-electron chi connectivity index (χ1n) is 7.75. The first-order chi connectivity index (χ1) is 9.92. The van der Waals surface area contributed by atoms with Gasteiger partial charge in [-0.1, -0.05) is 38.3 Å². The number of benzene rings is 1. The monoisotopic (exact) mass is 308 g/mol. The molecule has 2 rings (SSSR count). The zero-order chi connectivity index (χ0) is 15.5. The number of anilines is 1. The molecule has 1 saturated carbocycles. The van der Waals surface area contributed by atoms with Gasteiger partial charge in [0, 0.05) is 17.3 Å². The molecule has 0 heterocycles. The van der Waals surface area contributed by atoms with Crippen molar-refractivity contribution in [1.29, 1.82) is 0 Å². The standard InChI is InChI=1S/C17H25ClN2O/c1-12(2)10-17(7-3-4-8-17)11-20-16(21)14-9-13(18)5-6-15(14)19/h5-6,9,12H,3-4,7-8,10-11,19H2,1-2H3,(H,20,21). The van der Waals surface area contributed by atoms with Crippen molar-refractivity contribution in [3.8, 4) is 0 Å². The van der Waals surface area contributed by atoms with Crippen LogP contribution >= 0.6 is 11.6 Å². The van der Waals surface area contributed by atoms with Gasteiger partial charge in [0.25, 0.3) is 5.91 Å². The third-order valence-electron chi connectivity index (χ3n) is 4.39. The average molecular weight is 309 g/mol. The maximum Gasteiger partial charge on any atom is 0.253 e. The van der Waals surface area contributed by atoms with Crippen LogP contribution in [0.3, 0.4) is 0 Å². The zero-order valence-corrected chi connectivity index (χ0v) is 13.7. The van der Waals surface area contributed by atoms with Gasteiger partial charge in [-0.3, -0.25) is 4.79 Å². The molecule has 1 aliphatic rings. The predicted molar refractivity (Wildman–Crippen MR) is 88.6 cm³/mol. The Balaban J connectivity index is 2.03. The molecule has 0 spiro atoms. The molecule has 116 valence electrons. The molecule has 0 atom stereocenters. The van der Waals surface area contributed by atoms with E-state index in [4.69, 9.17) is 17.3 Å². The molecule has 0 bridgehead atoms. The fourth-order valence-corrected chi connectivity index (χ4v) is 3.70. The van der Waals surface area contributed by atoms with Crippen LogP contribution in [0.4, 0.5) is 5.69 Å². The van der Waals surface area contributed by atoms with Crippen LogP contribution in [-0.2, 0) is 0 Å². The lowest BCUT2D eigenvalue weighted by atomic mass is 9.78. The summed E-state index contributed by atoms with van der Waals surface area (Å²) in [5, 5.41) is 3.61. The van der Waals surface area contributed by atoms with Crippen LogP contribution in [0, 0.1) is 11.3 Å². The molecule has 0 unspecified atom stereocenters. The van der Waals surface area contributed by atoms with Gasteiger partial charge in [0.05, 0.1) is 5.56 Å². The maximum atomic E-state index is 12.4. The molecule has 4 heteroatoms. The number of hydrogen-bond donors (Lipinski definition) is 2. The molecule has 1 aromatic rings. The SMILES string of the molecule is CC(C)CC1(CNC(=O)c2cc(Cl)ccc2N)CCCC1. The summed E-state index contributed by atoms with van der Waals surface area (Å²) in [6.07, 6.45) is 6.11. The Morgan fingerprint density at radius 3 is 2.67 bits per heavy atom. The Morgan fingerprint density at radius 2 is 2.05 bits per heavy atom. The topological polar surface area (TPSA) is 55.1 Å². The number of nitrogens with one attached hydrogen (secondary N) is 1. The summed E-state index contributed by atoms with van der Waals surface area (Å²) in [5.41, 5.74) is 7.08. The van der Waals surface area contributed by atoms with E-state index in [1.807, 2.05) is 0 Å². The first kappa shape index (κ1) is 16.2. The molecule has 21 heavy (non-hydrogen) atoms. The van der Waals surface area contributed by atoms with Gasteiger partial charge >= 0.3 is 0 Å². The summed E-state index contributed by atoms with van der Waals surface area (Å²) in [7, 11) is 0. The molecule has 1 aliphatic carbocycles. The second kappa shape index (κ2) is 6.69. The van der Waals surface area contributed by atoms with Gasteiger partial charge in [-0.2, -0.15) is 0 Å². The number of carbonyl (C=O) groups excluding carboxylic acids is 1. The molecular formula is C17H25ClN2O. The summed E-state index contributed by atoms with van der Waals surface area (Å²) >= 11 is 5.95. The van der Waals surface area contributed by atoms with Crippen LogP contribution in [0.15, 0.2) is 18.2 Å². The summed E-state index contributed by atoms with van der Waals surface area (Å²) in [6, 6.07) is 5.01. The molecule has 0 aliphatic heterocycles. The van der Waals surface area contributed by atoms with E-state index in [-0.39, 0.29) is 11.3 Å². The van der Waals surface area contributed by atoms with E-state index in [1.165, 1.54) is 25.7 Å². The molecular weight excluding hydrogens is 284 g/mol. The van der Waals surface area contributed by atoms with Gasteiger partial charge in [0.1, 0.15) is 0 Å². The molecule has 3 N–H and O–H groups in total. The van der Waals surface area contributed by atoms with E-state index in [9.17, 15) is 4.79 Å². The van der Waals surface area contributed by atoms with E-state index >= 15 is 0 Å². The largest absolute Gasteiger partial charge is 0.398 e. The summed E-state index contributed by atoms with van der Waals surface area (Å²) < 4.78 is 0. The highest BCUT2D eigenvalue weighted by molar-refractivity contribution is 6.31. The van der Waals surface area contributed by atoms with E-state index in [0.29, 0.717) is 22.2 Å².